The lowest BCUT2D eigenvalue weighted by Crippen LogP contribution is -2.32. The number of rotatable bonds is 8. The van der Waals surface area contributed by atoms with Gasteiger partial charge in [0.2, 0.25) is 0 Å². The number of para-hydroxylation sites is 2. The first-order valence-electron chi connectivity index (χ1n) is 10.3. The molecule has 0 aromatic heterocycles. The summed E-state index contributed by atoms with van der Waals surface area (Å²) in [5.41, 5.74) is 4.91. The van der Waals surface area contributed by atoms with Crippen molar-refractivity contribution in [1.29, 1.82) is 0 Å². The van der Waals surface area contributed by atoms with Crippen molar-refractivity contribution in [3.63, 3.8) is 0 Å². The Kier molecular flexibility index (Phi) is 8.34. The van der Waals surface area contributed by atoms with Crippen LogP contribution in [-0.4, -0.2) is 37.7 Å². The molecule has 3 N–H and O–H groups in total. The maximum Gasteiger partial charge on any atom is 0.329 e. The number of benzene rings is 3. The third kappa shape index (κ3) is 7.20. The number of methoxy groups -OCH3 is 1. The number of hydrogen-bond donors (Lipinski definition) is 3. The average molecular weight is 460 g/mol. The lowest BCUT2D eigenvalue weighted by atomic mass is 10.2. The van der Waals surface area contributed by atoms with Crippen LogP contribution >= 0.6 is 0 Å². The van der Waals surface area contributed by atoms with Gasteiger partial charge in [-0.05, 0) is 48.9 Å². The average Bonchev–Trinajstić information content (AvgIpc) is 2.84. The molecule has 0 saturated carbocycles. The zero-order valence-corrected chi connectivity index (χ0v) is 18.7. The van der Waals surface area contributed by atoms with E-state index in [-0.39, 0.29) is 12.5 Å². The molecule has 34 heavy (non-hydrogen) atoms. The second-order valence-corrected chi connectivity index (χ2v) is 7.13. The van der Waals surface area contributed by atoms with E-state index in [0.717, 1.165) is 5.56 Å². The van der Waals surface area contributed by atoms with Crippen LogP contribution in [0.25, 0.3) is 0 Å². The molecule has 0 heterocycles. The van der Waals surface area contributed by atoms with E-state index in [9.17, 15) is 14.4 Å². The molecular weight excluding hydrogens is 436 g/mol. The van der Waals surface area contributed by atoms with Gasteiger partial charge in [-0.3, -0.25) is 14.4 Å². The standard InChI is InChI=1S/C25H24N4O5/c1-17-10-12-19(13-11-17)27-23(30)16-34-20-7-5-6-18(14-20)15-26-29-25(32)24(31)28-21-8-3-4-9-22(21)33-2/h3-15H,16H2,1-2H3,(H,27,30)(H,28,31)(H,29,32)/b26-15-. The lowest BCUT2D eigenvalue weighted by Gasteiger charge is -2.09. The fourth-order valence-corrected chi connectivity index (χ4v) is 2.81. The summed E-state index contributed by atoms with van der Waals surface area (Å²) in [7, 11) is 1.46. The first-order chi connectivity index (χ1) is 16.4. The highest BCUT2D eigenvalue weighted by Crippen LogP contribution is 2.22. The van der Waals surface area contributed by atoms with Crippen molar-refractivity contribution in [3.05, 3.63) is 83.9 Å². The SMILES string of the molecule is COc1ccccc1NC(=O)C(=O)N/N=C\c1cccc(OCC(=O)Nc2ccc(C)cc2)c1. The first kappa shape index (κ1) is 24.0. The van der Waals surface area contributed by atoms with E-state index in [1.807, 2.05) is 31.2 Å². The number of nitrogens with one attached hydrogen (secondary N) is 3. The lowest BCUT2D eigenvalue weighted by molar-refractivity contribution is -0.136. The van der Waals surface area contributed by atoms with Gasteiger partial charge < -0.3 is 20.1 Å². The molecule has 9 heteroatoms. The Labute approximate surface area is 196 Å². The first-order valence-corrected chi connectivity index (χ1v) is 10.3. The molecule has 3 aromatic rings. The van der Waals surface area contributed by atoms with Gasteiger partial charge in [0.25, 0.3) is 5.91 Å². The van der Waals surface area contributed by atoms with E-state index in [1.165, 1.54) is 13.3 Å². The molecule has 0 aliphatic heterocycles. The van der Waals surface area contributed by atoms with E-state index in [0.29, 0.717) is 28.4 Å². The van der Waals surface area contributed by atoms with Crippen LogP contribution in [0.3, 0.4) is 0 Å². The Hall–Kier alpha value is -4.66. The number of anilines is 2. The van der Waals surface area contributed by atoms with E-state index >= 15 is 0 Å². The van der Waals surface area contributed by atoms with Crippen molar-refractivity contribution in [3.8, 4) is 11.5 Å². The molecule has 0 unspecified atom stereocenters. The number of ether oxygens (including phenoxy) is 2. The summed E-state index contributed by atoms with van der Waals surface area (Å²) in [5, 5.41) is 9.01. The molecule has 0 aliphatic rings. The third-order valence-corrected chi connectivity index (χ3v) is 4.50. The maximum absolute atomic E-state index is 12.1. The smallest absolute Gasteiger partial charge is 0.329 e. The van der Waals surface area contributed by atoms with E-state index in [4.69, 9.17) is 9.47 Å². The highest BCUT2D eigenvalue weighted by Gasteiger charge is 2.14. The molecule has 174 valence electrons. The van der Waals surface area contributed by atoms with E-state index < -0.39 is 11.8 Å². The van der Waals surface area contributed by atoms with Crippen LogP contribution in [0, 0.1) is 6.92 Å². The van der Waals surface area contributed by atoms with Gasteiger partial charge in [0.15, 0.2) is 6.61 Å². The summed E-state index contributed by atoms with van der Waals surface area (Å²) in [5.74, 6) is -1.25. The Morgan fingerprint density at radius 3 is 2.44 bits per heavy atom. The van der Waals surface area contributed by atoms with Crippen LogP contribution in [0.4, 0.5) is 11.4 Å². The summed E-state index contributed by atoms with van der Waals surface area (Å²) < 4.78 is 10.7. The van der Waals surface area contributed by atoms with Gasteiger partial charge in [-0.1, -0.05) is 42.0 Å². The van der Waals surface area contributed by atoms with Crippen molar-refractivity contribution >= 4 is 35.3 Å². The minimum atomic E-state index is -0.942. The summed E-state index contributed by atoms with van der Waals surface area (Å²) in [6, 6.07) is 20.9. The quantitative estimate of drug-likeness (QED) is 0.271. The molecule has 3 amide bonds. The predicted octanol–water partition coefficient (Wildman–Crippen LogP) is 3.11. The van der Waals surface area contributed by atoms with Crippen molar-refractivity contribution in [2.75, 3.05) is 24.4 Å². The van der Waals surface area contributed by atoms with Crippen molar-refractivity contribution in [1.82, 2.24) is 5.43 Å². The van der Waals surface area contributed by atoms with Gasteiger partial charge in [0.1, 0.15) is 11.5 Å². The fourth-order valence-electron chi connectivity index (χ4n) is 2.81. The molecule has 9 nitrogen and oxygen atoms in total. The number of carbonyl (C=O) groups is 3. The van der Waals surface area contributed by atoms with Crippen molar-refractivity contribution < 1.29 is 23.9 Å². The molecule has 0 aliphatic carbocycles. The molecular formula is C25H24N4O5. The minimum Gasteiger partial charge on any atom is -0.495 e. The summed E-state index contributed by atoms with van der Waals surface area (Å²) in [6.07, 6.45) is 1.35. The zero-order valence-electron chi connectivity index (χ0n) is 18.7. The summed E-state index contributed by atoms with van der Waals surface area (Å²) >= 11 is 0. The number of hydrogen-bond acceptors (Lipinski definition) is 6. The van der Waals surface area contributed by atoms with Crippen LogP contribution in [-0.2, 0) is 14.4 Å². The molecule has 0 bridgehead atoms. The fraction of sp³-hybridized carbons (Fsp3) is 0.120. The topological polar surface area (TPSA) is 118 Å². The van der Waals surface area contributed by atoms with Gasteiger partial charge in [-0.15, -0.1) is 0 Å². The van der Waals surface area contributed by atoms with Crippen LogP contribution in [0.2, 0.25) is 0 Å². The monoisotopic (exact) mass is 460 g/mol. The molecule has 0 radical (unpaired) electrons. The highest BCUT2D eigenvalue weighted by molar-refractivity contribution is 6.39. The molecule has 0 spiro atoms. The molecule has 3 rings (SSSR count). The Morgan fingerprint density at radius 2 is 1.68 bits per heavy atom. The Balaban J connectivity index is 1.48. The molecule has 0 fully saturated rings. The number of nitrogens with zero attached hydrogens (tertiary/aromatic N) is 1. The maximum atomic E-state index is 12.1. The Morgan fingerprint density at radius 1 is 0.912 bits per heavy atom. The minimum absolute atomic E-state index is 0.172. The van der Waals surface area contributed by atoms with Crippen LogP contribution in [0.15, 0.2) is 77.9 Å². The summed E-state index contributed by atoms with van der Waals surface area (Å²) in [4.78, 5) is 36.1. The van der Waals surface area contributed by atoms with Gasteiger partial charge in [0.05, 0.1) is 19.0 Å². The van der Waals surface area contributed by atoms with Crippen molar-refractivity contribution in [2.45, 2.75) is 6.92 Å². The largest absolute Gasteiger partial charge is 0.495 e. The highest BCUT2D eigenvalue weighted by atomic mass is 16.5. The number of carbonyl (C=O) groups excluding carboxylic acids is 3. The van der Waals surface area contributed by atoms with E-state index in [2.05, 4.69) is 21.2 Å². The van der Waals surface area contributed by atoms with Gasteiger partial charge in [-0.2, -0.15) is 5.10 Å². The third-order valence-electron chi connectivity index (χ3n) is 4.50. The molecule has 0 saturated heterocycles. The Bertz CT molecular complexity index is 1190. The normalized spacial score (nSPS) is 10.4. The number of hydrazone groups is 1. The van der Waals surface area contributed by atoms with Gasteiger partial charge >= 0.3 is 11.8 Å². The second kappa shape index (κ2) is 11.8. The molecule has 3 aromatic carbocycles. The van der Waals surface area contributed by atoms with Crippen molar-refractivity contribution in [2.24, 2.45) is 5.10 Å². The molecule has 0 atom stereocenters. The summed E-state index contributed by atoms with van der Waals surface area (Å²) in [6.45, 7) is 1.79. The van der Waals surface area contributed by atoms with Crippen LogP contribution < -0.4 is 25.5 Å². The van der Waals surface area contributed by atoms with Gasteiger partial charge in [0, 0.05) is 5.69 Å². The second-order valence-electron chi connectivity index (χ2n) is 7.13. The number of amides is 3. The van der Waals surface area contributed by atoms with Crippen LogP contribution in [0.1, 0.15) is 11.1 Å². The van der Waals surface area contributed by atoms with Crippen LogP contribution in [0.5, 0.6) is 11.5 Å². The predicted molar refractivity (Wildman–Crippen MR) is 129 cm³/mol. The van der Waals surface area contributed by atoms with Gasteiger partial charge in [-0.25, -0.2) is 5.43 Å². The van der Waals surface area contributed by atoms with E-state index in [1.54, 1.807) is 48.5 Å². The number of aryl methyl sites for hydroxylation is 1. The zero-order chi connectivity index (χ0) is 24.3.